The fourth-order valence-electron chi connectivity index (χ4n) is 3.42. The van der Waals surface area contributed by atoms with Crippen LogP contribution in [0.2, 0.25) is 0 Å². The van der Waals surface area contributed by atoms with Gasteiger partial charge in [-0.05, 0) is 49.7 Å². The van der Waals surface area contributed by atoms with Crippen molar-refractivity contribution >= 4 is 0 Å². The van der Waals surface area contributed by atoms with E-state index in [0.717, 1.165) is 36.7 Å². The molecule has 1 aliphatic rings. The van der Waals surface area contributed by atoms with Gasteiger partial charge in [-0.2, -0.15) is 0 Å². The van der Waals surface area contributed by atoms with Crippen LogP contribution in [0.4, 0.5) is 0 Å². The minimum Gasteiger partial charge on any atom is -0.493 e. The predicted molar refractivity (Wildman–Crippen MR) is 108 cm³/mol. The SMILES string of the molecule is COc1ccc(CNCCN2CCCCCC2)cc1OCc1cccnc1. The van der Waals surface area contributed by atoms with Crippen molar-refractivity contribution in [2.45, 2.75) is 38.8 Å². The number of ether oxygens (including phenoxy) is 2. The van der Waals surface area contributed by atoms with E-state index >= 15 is 0 Å². The Morgan fingerprint density at radius 1 is 1.04 bits per heavy atom. The van der Waals surface area contributed by atoms with Crippen molar-refractivity contribution < 1.29 is 9.47 Å². The van der Waals surface area contributed by atoms with Gasteiger partial charge in [-0.1, -0.05) is 25.0 Å². The van der Waals surface area contributed by atoms with Crippen LogP contribution in [-0.4, -0.2) is 43.2 Å². The first kappa shape index (κ1) is 19.6. The largest absolute Gasteiger partial charge is 0.493 e. The summed E-state index contributed by atoms with van der Waals surface area (Å²) in [5, 5.41) is 3.56. The highest BCUT2D eigenvalue weighted by Gasteiger charge is 2.09. The number of hydrogen-bond donors (Lipinski definition) is 1. The molecule has 5 heteroatoms. The zero-order chi connectivity index (χ0) is 18.7. The number of hydrogen-bond acceptors (Lipinski definition) is 5. The lowest BCUT2D eigenvalue weighted by Crippen LogP contribution is -2.32. The number of nitrogens with one attached hydrogen (secondary N) is 1. The molecule has 1 saturated heterocycles. The van der Waals surface area contributed by atoms with Crippen LogP contribution in [0, 0.1) is 0 Å². The lowest BCUT2D eigenvalue weighted by molar-refractivity contribution is 0.282. The average molecular weight is 370 g/mol. The van der Waals surface area contributed by atoms with E-state index in [9.17, 15) is 0 Å². The molecule has 1 aliphatic heterocycles. The molecule has 0 amide bonds. The van der Waals surface area contributed by atoms with Gasteiger partial charge in [0.2, 0.25) is 0 Å². The van der Waals surface area contributed by atoms with E-state index in [0.29, 0.717) is 6.61 Å². The molecular weight excluding hydrogens is 338 g/mol. The molecule has 0 radical (unpaired) electrons. The normalized spacial score (nSPS) is 15.3. The van der Waals surface area contributed by atoms with E-state index in [1.807, 2.05) is 24.4 Å². The van der Waals surface area contributed by atoms with Crippen LogP contribution in [-0.2, 0) is 13.2 Å². The summed E-state index contributed by atoms with van der Waals surface area (Å²) in [6.07, 6.45) is 9.05. The van der Waals surface area contributed by atoms with Crippen molar-refractivity contribution in [2.75, 3.05) is 33.3 Å². The van der Waals surface area contributed by atoms with Gasteiger partial charge in [0, 0.05) is 37.6 Å². The monoisotopic (exact) mass is 369 g/mol. The second kappa shape index (κ2) is 10.9. The molecule has 2 aromatic rings. The van der Waals surface area contributed by atoms with Crippen LogP contribution in [0.1, 0.15) is 36.8 Å². The molecule has 146 valence electrons. The van der Waals surface area contributed by atoms with Crippen molar-refractivity contribution in [1.82, 2.24) is 15.2 Å². The molecule has 0 spiro atoms. The molecule has 0 bridgehead atoms. The third-order valence-corrected chi connectivity index (χ3v) is 4.98. The third kappa shape index (κ3) is 6.52. The first-order valence-electron chi connectivity index (χ1n) is 9.97. The van der Waals surface area contributed by atoms with Gasteiger partial charge in [-0.15, -0.1) is 0 Å². The van der Waals surface area contributed by atoms with E-state index in [1.54, 1.807) is 13.3 Å². The summed E-state index contributed by atoms with van der Waals surface area (Å²) in [5.41, 5.74) is 2.24. The Labute approximate surface area is 162 Å². The molecule has 0 unspecified atom stereocenters. The second-order valence-electron chi connectivity index (χ2n) is 7.07. The van der Waals surface area contributed by atoms with Gasteiger partial charge in [-0.25, -0.2) is 0 Å². The first-order valence-corrected chi connectivity index (χ1v) is 9.97. The molecule has 5 nitrogen and oxygen atoms in total. The number of likely N-dealkylation sites (tertiary alicyclic amines) is 1. The molecule has 0 saturated carbocycles. The summed E-state index contributed by atoms with van der Waals surface area (Å²) in [6, 6.07) is 10.1. The minimum absolute atomic E-state index is 0.482. The molecule has 0 aliphatic carbocycles. The molecule has 27 heavy (non-hydrogen) atoms. The van der Waals surface area contributed by atoms with Gasteiger partial charge < -0.3 is 19.7 Å². The van der Waals surface area contributed by atoms with E-state index < -0.39 is 0 Å². The number of aromatic nitrogens is 1. The first-order chi connectivity index (χ1) is 13.3. The number of pyridine rings is 1. The Balaban J connectivity index is 1.48. The van der Waals surface area contributed by atoms with Crippen LogP contribution >= 0.6 is 0 Å². The maximum Gasteiger partial charge on any atom is 0.161 e. The van der Waals surface area contributed by atoms with Crippen molar-refractivity contribution in [3.8, 4) is 11.5 Å². The topological polar surface area (TPSA) is 46.6 Å². The van der Waals surface area contributed by atoms with Crippen molar-refractivity contribution in [2.24, 2.45) is 0 Å². The predicted octanol–water partition coefficient (Wildman–Crippen LogP) is 3.63. The average Bonchev–Trinajstić information content (AvgIpc) is 2.99. The van der Waals surface area contributed by atoms with Crippen molar-refractivity contribution in [3.05, 3.63) is 53.9 Å². The summed E-state index contributed by atoms with van der Waals surface area (Å²) in [5.74, 6) is 1.53. The van der Waals surface area contributed by atoms with Crippen LogP contribution < -0.4 is 14.8 Å². The quantitative estimate of drug-likeness (QED) is 0.684. The number of benzene rings is 1. The maximum absolute atomic E-state index is 5.97. The molecule has 0 atom stereocenters. The Morgan fingerprint density at radius 2 is 1.89 bits per heavy atom. The third-order valence-electron chi connectivity index (χ3n) is 4.98. The summed E-state index contributed by atoms with van der Waals surface area (Å²) < 4.78 is 11.4. The molecule has 1 aromatic heterocycles. The lowest BCUT2D eigenvalue weighted by Gasteiger charge is -2.20. The molecule has 2 heterocycles. The molecule has 1 fully saturated rings. The molecule has 3 rings (SSSR count). The standard InChI is InChI=1S/C22H31N3O2/c1-26-21-9-8-19(15-22(21)27-18-20-7-6-10-23-17-20)16-24-11-14-25-12-4-2-3-5-13-25/h6-10,15,17,24H,2-5,11-14,16,18H2,1H3. The van der Waals surface area contributed by atoms with Crippen LogP contribution in [0.5, 0.6) is 11.5 Å². The summed E-state index contributed by atoms with van der Waals surface area (Å²) >= 11 is 0. The highest BCUT2D eigenvalue weighted by molar-refractivity contribution is 5.43. The smallest absolute Gasteiger partial charge is 0.161 e. The summed E-state index contributed by atoms with van der Waals surface area (Å²) in [6.45, 7) is 5.95. The zero-order valence-electron chi connectivity index (χ0n) is 16.3. The molecule has 1 N–H and O–H groups in total. The maximum atomic E-state index is 5.97. The van der Waals surface area contributed by atoms with Gasteiger partial charge in [0.05, 0.1) is 7.11 Å². The lowest BCUT2D eigenvalue weighted by atomic mass is 10.2. The highest BCUT2D eigenvalue weighted by Crippen LogP contribution is 2.28. The van der Waals surface area contributed by atoms with Crippen LogP contribution in [0.15, 0.2) is 42.7 Å². The summed E-state index contributed by atoms with van der Waals surface area (Å²) in [7, 11) is 1.67. The Morgan fingerprint density at radius 3 is 2.63 bits per heavy atom. The van der Waals surface area contributed by atoms with Gasteiger partial charge in [-0.3, -0.25) is 4.98 Å². The van der Waals surface area contributed by atoms with E-state index in [4.69, 9.17) is 9.47 Å². The fourth-order valence-corrected chi connectivity index (χ4v) is 3.42. The van der Waals surface area contributed by atoms with E-state index in [2.05, 4.69) is 27.3 Å². The number of nitrogens with zero attached hydrogens (tertiary/aromatic N) is 2. The minimum atomic E-state index is 0.482. The fraction of sp³-hybridized carbons (Fsp3) is 0.500. The van der Waals surface area contributed by atoms with Gasteiger partial charge in [0.15, 0.2) is 11.5 Å². The second-order valence-corrected chi connectivity index (χ2v) is 7.07. The Hall–Kier alpha value is -2.11. The van der Waals surface area contributed by atoms with Gasteiger partial charge in [0.1, 0.15) is 6.61 Å². The van der Waals surface area contributed by atoms with Crippen LogP contribution in [0.25, 0.3) is 0 Å². The molecule has 1 aromatic carbocycles. The number of rotatable bonds is 9. The van der Waals surface area contributed by atoms with Gasteiger partial charge >= 0.3 is 0 Å². The summed E-state index contributed by atoms with van der Waals surface area (Å²) in [4.78, 5) is 6.71. The van der Waals surface area contributed by atoms with Gasteiger partial charge in [0.25, 0.3) is 0 Å². The van der Waals surface area contributed by atoms with Crippen molar-refractivity contribution in [1.29, 1.82) is 0 Å². The van der Waals surface area contributed by atoms with Crippen LogP contribution in [0.3, 0.4) is 0 Å². The Bertz CT molecular complexity index is 671. The van der Waals surface area contributed by atoms with Crippen molar-refractivity contribution in [3.63, 3.8) is 0 Å². The zero-order valence-corrected chi connectivity index (χ0v) is 16.3. The number of methoxy groups -OCH3 is 1. The van der Waals surface area contributed by atoms with E-state index in [-0.39, 0.29) is 0 Å². The highest BCUT2D eigenvalue weighted by atomic mass is 16.5. The molecular formula is C22H31N3O2. The Kier molecular flexibility index (Phi) is 7.93. The van der Waals surface area contributed by atoms with E-state index in [1.165, 1.54) is 44.3 Å².